The Hall–Kier alpha value is -4.41. The molecule has 5 rings (SSSR count). The van der Waals surface area contributed by atoms with Gasteiger partial charge in [-0.1, -0.05) is 12.1 Å². The van der Waals surface area contributed by atoms with Gasteiger partial charge in [-0.15, -0.1) is 0 Å². The van der Waals surface area contributed by atoms with Crippen molar-refractivity contribution in [2.24, 2.45) is 0 Å². The smallest absolute Gasteiger partial charge is 0.451 e. The summed E-state index contributed by atoms with van der Waals surface area (Å²) in [6.45, 7) is -0.620. The quantitative estimate of drug-likeness (QED) is 0.437. The van der Waals surface area contributed by atoms with E-state index in [0.717, 1.165) is 29.4 Å². The van der Waals surface area contributed by atoms with Crippen molar-refractivity contribution in [2.75, 3.05) is 25.6 Å². The van der Waals surface area contributed by atoms with Crippen LogP contribution in [0.3, 0.4) is 0 Å². The van der Waals surface area contributed by atoms with E-state index in [1.165, 1.54) is 41.2 Å². The summed E-state index contributed by atoms with van der Waals surface area (Å²) in [7, 11) is 1.12. The number of rotatable bonds is 4. The van der Waals surface area contributed by atoms with E-state index < -0.39 is 30.3 Å². The molecule has 0 radical (unpaired) electrons. The lowest BCUT2D eigenvalue weighted by atomic mass is 9.94. The average molecular weight is 497 g/mol. The van der Waals surface area contributed by atoms with Gasteiger partial charge in [-0.2, -0.15) is 0 Å². The second kappa shape index (κ2) is 9.33. The summed E-state index contributed by atoms with van der Waals surface area (Å²) in [5, 5.41) is 4.50. The zero-order valence-corrected chi connectivity index (χ0v) is 19.1. The van der Waals surface area contributed by atoms with Crippen LogP contribution in [-0.2, 0) is 22.3 Å². The minimum Gasteiger partial charge on any atom is -0.451 e. The summed E-state index contributed by atoms with van der Waals surface area (Å²) in [5.74, 6) is -1.68. The van der Waals surface area contributed by atoms with E-state index in [-0.39, 0.29) is 29.7 Å². The SMILES string of the molecule is COC(=O)OCOc1c2n(ccc1=O)N(C1c3ccc(F)cc3CCc3cc(F)ccc31)CNC2=O. The van der Waals surface area contributed by atoms with Gasteiger partial charge >= 0.3 is 6.16 Å². The second-order valence-electron chi connectivity index (χ2n) is 8.26. The number of amides is 1. The molecule has 2 heterocycles. The maximum Gasteiger partial charge on any atom is 0.510 e. The Balaban J connectivity index is 1.64. The topological polar surface area (TPSA) is 99.1 Å². The molecule has 0 bridgehead atoms. The van der Waals surface area contributed by atoms with Crippen molar-refractivity contribution in [3.63, 3.8) is 0 Å². The number of aryl methyl sites for hydroxylation is 2. The van der Waals surface area contributed by atoms with Crippen molar-refractivity contribution in [1.29, 1.82) is 0 Å². The Bertz CT molecular complexity index is 1370. The predicted molar refractivity (Wildman–Crippen MR) is 122 cm³/mol. The van der Waals surface area contributed by atoms with Gasteiger partial charge in [0, 0.05) is 12.3 Å². The number of aromatic nitrogens is 1. The first kappa shape index (κ1) is 23.3. The zero-order valence-electron chi connectivity index (χ0n) is 19.1. The fourth-order valence-corrected chi connectivity index (χ4v) is 4.67. The van der Waals surface area contributed by atoms with Gasteiger partial charge in [0.25, 0.3) is 5.91 Å². The third-order valence-corrected chi connectivity index (χ3v) is 6.24. The molecule has 36 heavy (non-hydrogen) atoms. The van der Waals surface area contributed by atoms with Crippen molar-refractivity contribution >= 4 is 12.1 Å². The van der Waals surface area contributed by atoms with Crippen LogP contribution in [-0.4, -0.2) is 37.3 Å². The largest absolute Gasteiger partial charge is 0.510 e. The van der Waals surface area contributed by atoms with E-state index >= 15 is 0 Å². The van der Waals surface area contributed by atoms with E-state index in [4.69, 9.17) is 9.47 Å². The third-order valence-electron chi connectivity index (χ3n) is 6.24. The van der Waals surface area contributed by atoms with E-state index in [9.17, 15) is 23.2 Å². The Morgan fingerprint density at radius 1 is 1.03 bits per heavy atom. The number of halogens is 2. The van der Waals surface area contributed by atoms with Crippen LogP contribution in [0, 0.1) is 11.6 Å². The van der Waals surface area contributed by atoms with Crippen molar-refractivity contribution in [3.05, 3.63) is 98.5 Å². The Morgan fingerprint density at radius 3 is 2.28 bits per heavy atom. The average Bonchev–Trinajstić information content (AvgIpc) is 3.01. The molecule has 9 nitrogen and oxygen atoms in total. The summed E-state index contributed by atoms with van der Waals surface area (Å²) >= 11 is 0. The van der Waals surface area contributed by atoms with Crippen LogP contribution in [0.2, 0.25) is 0 Å². The molecular formula is C25H21F2N3O6. The summed E-state index contributed by atoms with van der Waals surface area (Å²) < 4.78 is 44.2. The first-order chi connectivity index (χ1) is 17.4. The van der Waals surface area contributed by atoms with E-state index in [2.05, 4.69) is 10.1 Å². The lowest BCUT2D eigenvalue weighted by molar-refractivity contribution is 0.0138. The minimum absolute atomic E-state index is 0.0328. The van der Waals surface area contributed by atoms with Gasteiger partial charge in [0.1, 0.15) is 18.3 Å². The Kier molecular flexibility index (Phi) is 6.05. The highest BCUT2D eigenvalue weighted by Crippen LogP contribution is 2.37. The number of hydrogen-bond acceptors (Lipinski definition) is 7. The molecule has 0 atom stereocenters. The third kappa shape index (κ3) is 4.12. The zero-order chi connectivity index (χ0) is 25.4. The summed E-state index contributed by atoms with van der Waals surface area (Å²) in [6.07, 6.45) is 1.41. The number of ether oxygens (including phenoxy) is 3. The number of hydrogen-bond donors (Lipinski definition) is 1. The Morgan fingerprint density at radius 2 is 1.67 bits per heavy atom. The highest BCUT2D eigenvalue weighted by atomic mass is 19.1. The number of carbonyl (C=O) groups excluding carboxylic acids is 2. The maximum atomic E-state index is 14.1. The highest BCUT2D eigenvalue weighted by molar-refractivity contribution is 5.96. The van der Waals surface area contributed by atoms with Crippen LogP contribution in [0.5, 0.6) is 5.75 Å². The summed E-state index contributed by atoms with van der Waals surface area (Å²) in [5.41, 5.74) is 2.34. The maximum absolute atomic E-state index is 14.1. The number of nitrogens with one attached hydrogen (secondary N) is 1. The molecular weight excluding hydrogens is 476 g/mol. The fraction of sp³-hybridized carbons (Fsp3) is 0.240. The van der Waals surface area contributed by atoms with Crippen LogP contribution in [0.25, 0.3) is 0 Å². The molecule has 2 aliphatic rings. The van der Waals surface area contributed by atoms with Gasteiger partial charge in [0.2, 0.25) is 18.0 Å². The van der Waals surface area contributed by atoms with Crippen molar-refractivity contribution in [1.82, 2.24) is 9.99 Å². The molecule has 1 aliphatic heterocycles. The van der Waals surface area contributed by atoms with Crippen molar-refractivity contribution in [3.8, 4) is 5.75 Å². The number of carbonyl (C=O) groups is 2. The normalized spacial score (nSPS) is 14.6. The Labute approximate surface area is 203 Å². The molecule has 2 aromatic carbocycles. The molecule has 11 heteroatoms. The molecule has 1 aliphatic carbocycles. The van der Waals surface area contributed by atoms with Crippen LogP contribution in [0.15, 0.2) is 53.5 Å². The highest BCUT2D eigenvalue weighted by Gasteiger charge is 2.35. The number of fused-ring (bicyclic) bond motifs is 3. The molecule has 1 N–H and O–H groups in total. The van der Waals surface area contributed by atoms with Gasteiger partial charge in [-0.3, -0.25) is 19.3 Å². The van der Waals surface area contributed by atoms with Gasteiger partial charge < -0.3 is 19.5 Å². The number of nitrogens with zero attached hydrogens (tertiary/aromatic N) is 2. The van der Waals surface area contributed by atoms with E-state index in [1.54, 1.807) is 17.1 Å². The van der Waals surface area contributed by atoms with Gasteiger partial charge in [-0.25, -0.2) is 13.6 Å². The minimum atomic E-state index is -1.02. The molecule has 1 amide bonds. The first-order valence-electron chi connectivity index (χ1n) is 11.1. The molecule has 186 valence electrons. The molecule has 0 saturated heterocycles. The molecule has 0 unspecified atom stereocenters. The second-order valence-corrected chi connectivity index (χ2v) is 8.26. The lowest BCUT2D eigenvalue weighted by Gasteiger charge is -2.40. The molecule has 0 spiro atoms. The summed E-state index contributed by atoms with van der Waals surface area (Å²) in [4.78, 5) is 36.7. The fourth-order valence-electron chi connectivity index (χ4n) is 4.67. The van der Waals surface area contributed by atoms with Gasteiger partial charge in [0.15, 0.2) is 5.69 Å². The monoisotopic (exact) mass is 497 g/mol. The molecule has 0 saturated carbocycles. The first-order valence-corrected chi connectivity index (χ1v) is 11.1. The molecule has 3 aromatic rings. The number of pyridine rings is 1. The van der Waals surface area contributed by atoms with E-state index in [1.807, 2.05) is 0 Å². The lowest BCUT2D eigenvalue weighted by Crippen LogP contribution is -2.54. The predicted octanol–water partition coefficient (Wildman–Crippen LogP) is 2.77. The number of methoxy groups -OCH3 is 1. The van der Waals surface area contributed by atoms with Crippen LogP contribution in [0.1, 0.15) is 38.8 Å². The summed E-state index contributed by atoms with van der Waals surface area (Å²) in [6, 6.07) is 9.64. The van der Waals surface area contributed by atoms with Gasteiger partial charge in [0.05, 0.1) is 13.2 Å². The number of benzene rings is 2. The van der Waals surface area contributed by atoms with Crippen molar-refractivity contribution < 1.29 is 32.6 Å². The standard InChI is InChI=1S/C25H21F2N3O6/c1-34-25(33)36-13-35-23-20(31)8-9-29-22(23)24(32)28-12-30(29)21-18-6-4-16(26)10-14(18)2-3-15-11-17(27)5-7-19(15)21/h4-11,21H,2-3,12-13H2,1H3,(H,28,32). The molecule has 0 fully saturated rings. The van der Waals surface area contributed by atoms with Crippen LogP contribution in [0.4, 0.5) is 13.6 Å². The van der Waals surface area contributed by atoms with Crippen molar-refractivity contribution in [2.45, 2.75) is 18.9 Å². The van der Waals surface area contributed by atoms with Crippen LogP contribution < -0.4 is 20.5 Å². The van der Waals surface area contributed by atoms with Crippen LogP contribution >= 0.6 is 0 Å². The molecule has 1 aromatic heterocycles. The van der Waals surface area contributed by atoms with E-state index in [0.29, 0.717) is 12.8 Å². The van der Waals surface area contributed by atoms with Gasteiger partial charge in [-0.05, 0) is 59.4 Å².